The highest BCUT2D eigenvalue weighted by Gasteiger charge is 2.25. The number of imidazole rings is 1. The Labute approximate surface area is 173 Å². The molecule has 29 heavy (non-hydrogen) atoms. The van der Waals surface area contributed by atoms with Gasteiger partial charge in [-0.2, -0.15) is 4.39 Å². The number of halogens is 1. The average Bonchev–Trinajstić information content (AvgIpc) is 2.97. The van der Waals surface area contributed by atoms with Crippen molar-refractivity contribution in [3.05, 3.63) is 45.5 Å². The number of nitro groups is 1. The number of nitro benzene ring substituents is 1. The number of carbonyl (C=O) groups excluding carboxylic acids is 1. The van der Waals surface area contributed by atoms with Crippen LogP contribution in [0.2, 0.25) is 0 Å². The van der Waals surface area contributed by atoms with E-state index < -0.39 is 21.7 Å². The number of carbonyl (C=O) groups is 1. The van der Waals surface area contributed by atoms with Gasteiger partial charge in [-0.15, -0.1) is 0 Å². The first kappa shape index (κ1) is 21.3. The molecule has 1 atom stereocenters. The number of amides is 1. The van der Waals surface area contributed by atoms with Gasteiger partial charge in [-0.3, -0.25) is 14.9 Å². The first-order chi connectivity index (χ1) is 13.8. The van der Waals surface area contributed by atoms with E-state index >= 15 is 0 Å². The van der Waals surface area contributed by atoms with Crippen LogP contribution in [-0.4, -0.2) is 25.6 Å². The van der Waals surface area contributed by atoms with E-state index in [1.165, 1.54) is 37.1 Å². The highest BCUT2D eigenvalue weighted by molar-refractivity contribution is 8.00. The van der Waals surface area contributed by atoms with Crippen LogP contribution in [0, 0.1) is 29.8 Å². The number of nitrogens with one attached hydrogen (secondary N) is 1. The molecule has 1 aromatic heterocycles. The summed E-state index contributed by atoms with van der Waals surface area (Å²) in [7, 11) is 0. The van der Waals surface area contributed by atoms with Gasteiger partial charge in [-0.1, -0.05) is 31.0 Å². The van der Waals surface area contributed by atoms with Crippen LogP contribution in [-0.2, 0) is 4.79 Å². The Hall–Kier alpha value is -2.42. The smallest absolute Gasteiger partial charge is 0.306 e. The van der Waals surface area contributed by atoms with Crippen molar-refractivity contribution in [3.63, 3.8) is 0 Å². The minimum Gasteiger partial charge on any atom is -0.325 e. The predicted molar refractivity (Wildman–Crippen MR) is 111 cm³/mol. The summed E-state index contributed by atoms with van der Waals surface area (Å²) in [4.78, 5) is 27.4. The van der Waals surface area contributed by atoms with E-state index in [2.05, 4.69) is 21.8 Å². The van der Waals surface area contributed by atoms with E-state index in [4.69, 9.17) is 0 Å². The molecule has 2 aromatic rings. The lowest BCUT2D eigenvalue weighted by Crippen LogP contribution is -2.23. The molecule has 1 aliphatic carbocycles. The predicted octanol–water partition coefficient (Wildman–Crippen LogP) is 5.17. The summed E-state index contributed by atoms with van der Waals surface area (Å²) in [5.41, 5.74) is 1.61. The molecule has 156 valence electrons. The molecule has 1 aliphatic rings. The van der Waals surface area contributed by atoms with Crippen LogP contribution >= 0.6 is 11.8 Å². The molecule has 1 amide bonds. The van der Waals surface area contributed by atoms with Gasteiger partial charge in [-0.05, 0) is 45.7 Å². The molecular formula is C20H25FN4O3S. The molecule has 3 rings (SSSR count). The minimum absolute atomic E-state index is 0.193. The molecule has 1 fully saturated rings. The molecule has 0 aliphatic heterocycles. The number of hydrogen-bond donors (Lipinski definition) is 1. The van der Waals surface area contributed by atoms with Crippen molar-refractivity contribution in [2.75, 3.05) is 5.32 Å². The molecule has 0 saturated heterocycles. The van der Waals surface area contributed by atoms with Crippen molar-refractivity contribution in [2.24, 2.45) is 0 Å². The molecule has 1 saturated carbocycles. The van der Waals surface area contributed by atoms with Gasteiger partial charge in [0.1, 0.15) is 0 Å². The van der Waals surface area contributed by atoms with E-state index in [0.29, 0.717) is 6.04 Å². The number of hydrogen-bond acceptors (Lipinski definition) is 5. The Morgan fingerprint density at radius 1 is 1.34 bits per heavy atom. The molecule has 0 bridgehead atoms. The maximum Gasteiger partial charge on any atom is 0.306 e. The van der Waals surface area contributed by atoms with Crippen molar-refractivity contribution in [3.8, 4) is 0 Å². The number of benzene rings is 1. The van der Waals surface area contributed by atoms with Gasteiger partial charge in [-0.25, -0.2) is 4.98 Å². The molecule has 1 N–H and O–H groups in total. The maximum atomic E-state index is 13.5. The number of nitrogens with zero attached hydrogens (tertiary/aromatic N) is 3. The van der Waals surface area contributed by atoms with Gasteiger partial charge in [0.25, 0.3) is 0 Å². The van der Waals surface area contributed by atoms with Gasteiger partial charge in [0.2, 0.25) is 11.7 Å². The average molecular weight is 421 g/mol. The van der Waals surface area contributed by atoms with Crippen LogP contribution in [0.25, 0.3) is 0 Å². The third-order valence-electron chi connectivity index (χ3n) is 5.36. The van der Waals surface area contributed by atoms with Crippen molar-refractivity contribution < 1.29 is 14.1 Å². The third kappa shape index (κ3) is 4.77. The van der Waals surface area contributed by atoms with E-state index in [1.807, 2.05) is 6.92 Å². The molecule has 1 unspecified atom stereocenters. The van der Waals surface area contributed by atoms with E-state index in [-0.39, 0.29) is 11.6 Å². The van der Waals surface area contributed by atoms with Gasteiger partial charge in [0.05, 0.1) is 15.9 Å². The largest absolute Gasteiger partial charge is 0.325 e. The SMILES string of the molecule is Cc1nc(SC(C)C(=O)Nc2ccc(F)c([N+](=O)[O-])c2)n(C2CCCCC2)c1C. The van der Waals surface area contributed by atoms with Crippen molar-refractivity contribution >= 4 is 29.0 Å². The second kappa shape index (κ2) is 8.94. The Balaban J connectivity index is 1.74. The molecule has 1 heterocycles. The fourth-order valence-electron chi connectivity index (χ4n) is 3.63. The molecule has 7 nitrogen and oxygen atoms in total. The highest BCUT2D eigenvalue weighted by atomic mass is 32.2. The van der Waals surface area contributed by atoms with Crippen molar-refractivity contribution in [1.29, 1.82) is 0 Å². The van der Waals surface area contributed by atoms with Gasteiger partial charge < -0.3 is 9.88 Å². The molecule has 1 aromatic carbocycles. The summed E-state index contributed by atoms with van der Waals surface area (Å²) in [5, 5.41) is 13.9. The van der Waals surface area contributed by atoms with Crippen LogP contribution < -0.4 is 5.32 Å². The second-order valence-corrected chi connectivity index (χ2v) is 8.71. The number of rotatable bonds is 6. The summed E-state index contributed by atoms with van der Waals surface area (Å²) < 4.78 is 15.8. The van der Waals surface area contributed by atoms with Crippen LogP contribution in [0.5, 0.6) is 0 Å². The molecule has 0 spiro atoms. The topological polar surface area (TPSA) is 90.1 Å². The number of anilines is 1. The normalized spacial score (nSPS) is 15.9. The Bertz CT molecular complexity index is 925. The minimum atomic E-state index is -0.934. The summed E-state index contributed by atoms with van der Waals surface area (Å²) in [6.07, 6.45) is 5.89. The van der Waals surface area contributed by atoms with Crippen LogP contribution in [0.15, 0.2) is 23.4 Å². The summed E-state index contributed by atoms with van der Waals surface area (Å²) in [5.74, 6) is -1.25. The zero-order valence-electron chi connectivity index (χ0n) is 16.8. The van der Waals surface area contributed by atoms with Crippen molar-refractivity contribution in [2.45, 2.75) is 69.3 Å². The fourth-order valence-corrected chi connectivity index (χ4v) is 4.71. The zero-order chi connectivity index (χ0) is 21.1. The van der Waals surface area contributed by atoms with Crippen LogP contribution in [0.4, 0.5) is 15.8 Å². The van der Waals surface area contributed by atoms with Gasteiger partial charge in [0, 0.05) is 23.5 Å². The molecular weight excluding hydrogens is 395 g/mol. The Morgan fingerprint density at radius 2 is 2.03 bits per heavy atom. The Morgan fingerprint density at radius 3 is 2.69 bits per heavy atom. The second-order valence-electron chi connectivity index (χ2n) is 7.40. The lowest BCUT2D eigenvalue weighted by Gasteiger charge is -2.26. The van der Waals surface area contributed by atoms with E-state index in [1.54, 1.807) is 6.92 Å². The number of aromatic nitrogens is 2. The number of thioether (sulfide) groups is 1. The first-order valence-electron chi connectivity index (χ1n) is 9.74. The maximum absolute atomic E-state index is 13.5. The van der Waals surface area contributed by atoms with Gasteiger partial charge >= 0.3 is 5.69 Å². The van der Waals surface area contributed by atoms with Crippen molar-refractivity contribution in [1.82, 2.24) is 9.55 Å². The highest BCUT2D eigenvalue weighted by Crippen LogP contribution is 2.35. The number of aryl methyl sites for hydroxylation is 1. The Kier molecular flexibility index (Phi) is 6.56. The lowest BCUT2D eigenvalue weighted by atomic mass is 9.95. The summed E-state index contributed by atoms with van der Waals surface area (Å²) in [6.45, 7) is 5.80. The third-order valence-corrected chi connectivity index (χ3v) is 6.42. The summed E-state index contributed by atoms with van der Waals surface area (Å²) >= 11 is 1.37. The van der Waals surface area contributed by atoms with Crippen LogP contribution in [0.3, 0.4) is 0 Å². The standard InChI is InChI=1S/C20H25FN4O3S/c1-12-13(2)24(16-7-5-4-6-8-16)20(22-12)29-14(3)19(26)23-15-9-10-17(21)18(11-15)25(27)28/h9-11,14,16H,4-8H2,1-3H3,(H,23,26). The quantitative estimate of drug-likeness (QED) is 0.395. The lowest BCUT2D eigenvalue weighted by molar-refractivity contribution is -0.387. The van der Waals surface area contributed by atoms with E-state index in [9.17, 15) is 19.3 Å². The van der Waals surface area contributed by atoms with Crippen LogP contribution in [0.1, 0.15) is 56.5 Å². The summed E-state index contributed by atoms with van der Waals surface area (Å²) in [6, 6.07) is 3.73. The molecule has 9 heteroatoms. The fraction of sp³-hybridized carbons (Fsp3) is 0.500. The van der Waals surface area contributed by atoms with E-state index in [0.717, 1.165) is 41.5 Å². The zero-order valence-corrected chi connectivity index (χ0v) is 17.6. The first-order valence-corrected chi connectivity index (χ1v) is 10.6. The van der Waals surface area contributed by atoms with Gasteiger partial charge in [0.15, 0.2) is 5.16 Å². The monoisotopic (exact) mass is 420 g/mol. The molecule has 0 radical (unpaired) electrons.